The third kappa shape index (κ3) is 9.41. The first-order chi connectivity index (χ1) is 24.5. The molecule has 9 nitrogen and oxygen atoms in total. The zero-order valence-corrected chi connectivity index (χ0v) is 32.4. The van der Waals surface area contributed by atoms with Gasteiger partial charge in [-0.1, -0.05) is 59.3 Å². The summed E-state index contributed by atoms with van der Waals surface area (Å²) in [4.78, 5) is 40.9. The Bertz CT molecular complexity index is 1800. The van der Waals surface area contributed by atoms with Crippen LogP contribution < -0.4 is 4.74 Å². The SMILES string of the molecule is CCOc1cc(C#CC(C)(C)C)ccc1C1=N[C@@H](c2ccc(Cl)cc2)[C@@H](c2ccc(Cl)cc2)N1C(=O)N1CCN(CC(=O)N2CCOCC2)CC1.Cl. The lowest BCUT2D eigenvalue weighted by atomic mass is 9.93. The second-order valence-corrected chi connectivity index (χ2v) is 14.9. The Morgan fingerprint density at radius 3 is 2.08 bits per heavy atom. The average Bonchev–Trinajstić information content (AvgIpc) is 3.52. The predicted molar refractivity (Wildman–Crippen MR) is 209 cm³/mol. The molecule has 0 aromatic heterocycles. The molecule has 0 N–H and O–H groups in total. The van der Waals surface area contributed by atoms with Crippen LogP contribution in [0.5, 0.6) is 5.75 Å². The van der Waals surface area contributed by atoms with Crippen molar-refractivity contribution in [3.05, 3.63) is 99.0 Å². The normalized spacial score (nSPS) is 19.3. The lowest BCUT2D eigenvalue weighted by molar-refractivity contribution is -0.136. The monoisotopic (exact) mass is 765 g/mol. The van der Waals surface area contributed by atoms with Gasteiger partial charge in [-0.15, -0.1) is 12.4 Å². The number of piperazine rings is 1. The van der Waals surface area contributed by atoms with Gasteiger partial charge in [-0.3, -0.25) is 19.6 Å². The van der Waals surface area contributed by atoms with Crippen molar-refractivity contribution in [2.45, 2.75) is 39.8 Å². The number of carbonyl (C=O) groups excluding carboxylic acids is 2. The Balaban J connectivity index is 0.00000523. The zero-order valence-electron chi connectivity index (χ0n) is 30.1. The van der Waals surface area contributed by atoms with E-state index in [0.717, 1.165) is 16.7 Å². The fourth-order valence-corrected chi connectivity index (χ4v) is 6.78. The van der Waals surface area contributed by atoms with Gasteiger partial charge >= 0.3 is 6.03 Å². The predicted octanol–water partition coefficient (Wildman–Crippen LogP) is 7.35. The smallest absolute Gasteiger partial charge is 0.326 e. The molecule has 276 valence electrons. The van der Waals surface area contributed by atoms with Crippen molar-refractivity contribution in [1.29, 1.82) is 0 Å². The van der Waals surface area contributed by atoms with Gasteiger partial charge < -0.3 is 19.3 Å². The number of amides is 3. The molecule has 0 saturated carbocycles. The number of rotatable bonds is 7. The summed E-state index contributed by atoms with van der Waals surface area (Å²) in [5.74, 6) is 7.81. The van der Waals surface area contributed by atoms with Crippen LogP contribution in [0.3, 0.4) is 0 Å². The van der Waals surface area contributed by atoms with Crippen LogP contribution in [-0.2, 0) is 9.53 Å². The maximum absolute atomic E-state index is 14.9. The topological polar surface area (TPSA) is 77.9 Å². The molecular formula is C40H46Cl3N5O4. The summed E-state index contributed by atoms with van der Waals surface area (Å²) < 4.78 is 11.6. The number of ether oxygens (including phenoxy) is 2. The first-order valence-corrected chi connectivity index (χ1v) is 18.3. The third-order valence-electron chi connectivity index (χ3n) is 9.17. The number of aliphatic imine (C=N–C) groups is 1. The lowest BCUT2D eigenvalue weighted by Crippen LogP contribution is -2.56. The molecule has 52 heavy (non-hydrogen) atoms. The van der Waals surface area contributed by atoms with Crippen LogP contribution in [0.15, 0.2) is 71.7 Å². The van der Waals surface area contributed by atoms with Crippen LogP contribution >= 0.6 is 35.6 Å². The molecule has 3 heterocycles. The molecule has 2 saturated heterocycles. The quantitative estimate of drug-likeness (QED) is 0.235. The zero-order chi connectivity index (χ0) is 36.1. The van der Waals surface area contributed by atoms with Crippen LogP contribution in [0.2, 0.25) is 10.0 Å². The molecule has 0 bridgehead atoms. The first-order valence-electron chi connectivity index (χ1n) is 17.6. The number of hydrogen-bond donors (Lipinski definition) is 0. The molecule has 3 aliphatic rings. The van der Waals surface area contributed by atoms with Gasteiger partial charge in [0, 0.05) is 60.3 Å². The molecule has 12 heteroatoms. The van der Waals surface area contributed by atoms with Gasteiger partial charge in [0.2, 0.25) is 5.91 Å². The summed E-state index contributed by atoms with van der Waals surface area (Å²) in [5.41, 5.74) is 3.17. The van der Waals surface area contributed by atoms with E-state index in [0.29, 0.717) is 92.8 Å². The number of halogens is 3. The number of nitrogens with zero attached hydrogens (tertiary/aromatic N) is 5. The number of urea groups is 1. The molecule has 3 aromatic carbocycles. The first kappa shape index (κ1) is 39.4. The highest BCUT2D eigenvalue weighted by molar-refractivity contribution is 6.30. The molecule has 3 aromatic rings. The Labute approximate surface area is 323 Å². The van der Waals surface area contributed by atoms with Crippen molar-refractivity contribution in [2.24, 2.45) is 10.4 Å². The van der Waals surface area contributed by atoms with Gasteiger partial charge in [-0.25, -0.2) is 4.79 Å². The Morgan fingerprint density at radius 1 is 0.865 bits per heavy atom. The van der Waals surface area contributed by atoms with E-state index in [9.17, 15) is 9.59 Å². The fraction of sp³-hybridized carbons (Fsp3) is 0.425. The average molecular weight is 767 g/mol. The van der Waals surface area contributed by atoms with Crippen molar-refractivity contribution in [3.8, 4) is 17.6 Å². The second kappa shape index (κ2) is 17.4. The summed E-state index contributed by atoms with van der Waals surface area (Å²) in [6.45, 7) is 13.4. The van der Waals surface area contributed by atoms with Crippen molar-refractivity contribution in [1.82, 2.24) is 19.6 Å². The van der Waals surface area contributed by atoms with Gasteiger partial charge in [0.1, 0.15) is 17.6 Å². The van der Waals surface area contributed by atoms with Crippen LogP contribution in [0.4, 0.5) is 4.79 Å². The standard InChI is InChI=1S/C40H45Cl2N5O4.ClH/c1-5-51-34-26-28(16-17-40(2,3)4)6-15-33(34)38-43-36(29-7-11-31(41)12-8-29)37(30-9-13-32(42)14-10-30)47(38)39(49)46-20-18-44(19-21-46)27-35(48)45-22-24-50-25-23-45;/h6-15,26,36-37H,5,18-25,27H2,1-4H3;1H/t36-,37+;/m0./s1. The maximum Gasteiger partial charge on any atom is 0.326 e. The summed E-state index contributed by atoms with van der Waals surface area (Å²) in [6, 6.07) is 20.0. The Hall–Kier alpha value is -3.78. The van der Waals surface area contributed by atoms with Gasteiger partial charge in [-0.05, 0) is 81.3 Å². The van der Waals surface area contributed by atoms with Crippen molar-refractivity contribution in [2.75, 3.05) is 65.6 Å². The number of hydrogen-bond acceptors (Lipinski definition) is 6. The molecular weight excluding hydrogens is 721 g/mol. The molecule has 3 amide bonds. The highest BCUT2D eigenvalue weighted by atomic mass is 35.5. The number of carbonyl (C=O) groups is 2. The van der Waals surface area contributed by atoms with E-state index in [1.807, 2.05) is 88.4 Å². The minimum Gasteiger partial charge on any atom is -0.493 e. The molecule has 0 unspecified atom stereocenters. The number of morpholine rings is 1. The van der Waals surface area contributed by atoms with E-state index in [1.165, 1.54) is 0 Å². The van der Waals surface area contributed by atoms with Crippen molar-refractivity contribution >= 4 is 53.4 Å². The molecule has 0 radical (unpaired) electrons. The molecule has 0 aliphatic carbocycles. The maximum atomic E-state index is 14.9. The summed E-state index contributed by atoms with van der Waals surface area (Å²) in [7, 11) is 0. The number of amidine groups is 1. The van der Waals surface area contributed by atoms with E-state index < -0.39 is 12.1 Å². The lowest BCUT2D eigenvalue weighted by Gasteiger charge is -2.39. The van der Waals surface area contributed by atoms with E-state index in [2.05, 4.69) is 37.5 Å². The van der Waals surface area contributed by atoms with Crippen LogP contribution in [-0.4, -0.2) is 103 Å². The van der Waals surface area contributed by atoms with Gasteiger partial charge in [-0.2, -0.15) is 0 Å². The fourth-order valence-electron chi connectivity index (χ4n) is 6.53. The highest BCUT2D eigenvalue weighted by Crippen LogP contribution is 2.45. The van der Waals surface area contributed by atoms with Crippen molar-refractivity contribution < 1.29 is 19.1 Å². The van der Waals surface area contributed by atoms with E-state index >= 15 is 0 Å². The minimum absolute atomic E-state index is 0. The summed E-state index contributed by atoms with van der Waals surface area (Å²) >= 11 is 12.7. The Kier molecular flexibility index (Phi) is 13.2. The van der Waals surface area contributed by atoms with Gasteiger partial charge in [0.15, 0.2) is 0 Å². The molecule has 6 rings (SSSR count). The summed E-state index contributed by atoms with van der Waals surface area (Å²) in [6.07, 6.45) is 0. The van der Waals surface area contributed by atoms with Crippen molar-refractivity contribution in [3.63, 3.8) is 0 Å². The van der Waals surface area contributed by atoms with E-state index in [-0.39, 0.29) is 29.8 Å². The van der Waals surface area contributed by atoms with Gasteiger partial charge in [0.25, 0.3) is 0 Å². The molecule has 2 fully saturated rings. The molecule has 3 aliphatic heterocycles. The molecule has 0 spiro atoms. The van der Waals surface area contributed by atoms with Crippen LogP contribution in [0.25, 0.3) is 0 Å². The number of benzene rings is 3. The third-order valence-corrected chi connectivity index (χ3v) is 9.67. The van der Waals surface area contributed by atoms with E-state index in [1.54, 1.807) is 0 Å². The largest absolute Gasteiger partial charge is 0.493 e. The summed E-state index contributed by atoms with van der Waals surface area (Å²) in [5, 5.41) is 1.22. The van der Waals surface area contributed by atoms with E-state index in [4.69, 9.17) is 37.7 Å². The second-order valence-electron chi connectivity index (χ2n) is 14.0. The van der Waals surface area contributed by atoms with Crippen LogP contribution in [0.1, 0.15) is 62.0 Å². The Morgan fingerprint density at radius 2 is 1.48 bits per heavy atom. The van der Waals surface area contributed by atoms with Gasteiger partial charge in [0.05, 0.1) is 38.0 Å². The van der Waals surface area contributed by atoms with Crippen LogP contribution in [0, 0.1) is 17.3 Å². The molecule has 2 atom stereocenters. The minimum atomic E-state index is -0.485. The highest BCUT2D eigenvalue weighted by Gasteiger charge is 2.45.